The first-order valence-corrected chi connectivity index (χ1v) is 14.9. The second-order valence-electron chi connectivity index (χ2n) is 11.8. The van der Waals surface area contributed by atoms with Crippen LogP contribution in [0.3, 0.4) is 0 Å². The smallest absolute Gasteiger partial charge is 0.278 e. The molecular formula is C33H47N4O2+. The molecule has 1 aliphatic heterocycles. The van der Waals surface area contributed by atoms with Gasteiger partial charge in [-0.2, -0.15) is 4.99 Å². The van der Waals surface area contributed by atoms with Crippen molar-refractivity contribution in [2.24, 2.45) is 10.9 Å². The Hall–Kier alpha value is -2.99. The molecule has 1 saturated carbocycles. The van der Waals surface area contributed by atoms with E-state index in [2.05, 4.69) is 49.2 Å². The molecular weight excluding hydrogens is 484 g/mol. The monoisotopic (exact) mass is 531 g/mol. The summed E-state index contributed by atoms with van der Waals surface area (Å²) >= 11 is 0. The van der Waals surface area contributed by atoms with E-state index in [9.17, 15) is 9.59 Å². The summed E-state index contributed by atoms with van der Waals surface area (Å²) in [6.45, 7) is 17.2. The zero-order valence-corrected chi connectivity index (χ0v) is 24.8. The Morgan fingerprint density at radius 3 is 2.21 bits per heavy atom. The van der Waals surface area contributed by atoms with Crippen LogP contribution in [-0.4, -0.2) is 53.9 Å². The maximum Gasteiger partial charge on any atom is 0.278 e. The number of amidine groups is 1. The molecule has 2 aliphatic rings. The molecule has 39 heavy (non-hydrogen) atoms. The highest BCUT2D eigenvalue weighted by molar-refractivity contribution is 6.12. The fourth-order valence-electron chi connectivity index (χ4n) is 6.25. The van der Waals surface area contributed by atoms with Gasteiger partial charge in [-0.3, -0.25) is 9.59 Å². The standard InChI is InChI=1S/C33H46N4O2/c1-7-37(8-2,9-3)22-25-12-15-28-21-31(35-33(39)26-13-10-24(6)11-14-26)36(30(28)20-25)29-18-16-27(17-19-29)32(38)34-23(4)5/h10-15,20,23,27,29H,7-9,16-19,21-22H2,1-6H3/p+1. The van der Waals surface area contributed by atoms with Gasteiger partial charge in [0.1, 0.15) is 12.4 Å². The summed E-state index contributed by atoms with van der Waals surface area (Å²) in [6.07, 6.45) is 4.20. The highest BCUT2D eigenvalue weighted by Gasteiger charge is 2.36. The molecule has 2 amide bonds. The Balaban J connectivity index is 1.64. The van der Waals surface area contributed by atoms with Crippen LogP contribution in [0.2, 0.25) is 0 Å². The third-order valence-electron chi connectivity index (χ3n) is 8.96. The number of hydrogen-bond acceptors (Lipinski definition) is 2. The summed E-state index contributed by atoms with van der Waals surface area (Å²) in [4.78, 5) is 33.0. The molecule has 0 radical (unpaired) electrons. The van der Waals surface area contributed by atoms with Gasteiger partial charge in [-0.25, -0.2) is 0 Å². The molecule has 1 N–H and O–H groups in total. The van der Waals surface area contributed by atoms with Gasteiger partial charge in [0.15, 0.2) is 0 Å². The molecule has 0 unspecified atom stereocenters. The minimum Gasteiger partial charge on any atom is -0.354 e. The van der Waals surface area contributed by atoms with E-state index in [0.29, 0.717) is 12.0 Å². The van der Waals surface area contributed by atoms with Crippen molar-refractivity contribution in [2.45, 2.75) is 92.3 Å². The van der Waals surface area contributed by atoms with Crippen molar-refractivity contribution in [3.8, 4) is 0 Å². The number of carbonyl (C=O) groups excluding carboxylic acids is 2. The largest absolute Gasteiger partial charge is 0.354 e. The lowest BCUT2D eigenvalue weighted by Gasteiger charge is -2.37. The van der Waals surface area contributed by atoms with E-state index in [1.807, 2.05) is 45.0 Å². The lowest BCUT2D eigenvalue weighted by molar-refractivity contribution is -0.936. The Kier molecular flexibility index (Phi) is 9.27. The van der Waals surface area contributed by atoms with Crippen LogP contribution in [0.15, 0.2) is 47.5 Å². The van der Waals surface area contributed by atoms with Crippen molar-refractivity contribution in [3.05, 3.63) is 64.7 Å². The van der Waals surface area contributed by atoms with Crippen LogP contribution >= 0.6 is 0 Å². The zero-order chi connectivity index (χ0) is 28.2. The van der Waals surface area contributed by atoms with E-state index in [0.717, 1.165) is 67.7 Å². The summed E-state index contributed by atoms with van der Waals surface area (Å²) in [5, 5.41) is 3.09. The summed E-state index contributed by atoms with van der Waals surface area (Å²) in [6, 6.07) is 14.9. The second-order valence-corrected chi connectivity index (χ2v) is 11.8. The quantitative estimate of drug-likeness (QED) is 0.400. The lowest BCUT2D eigenvalue weighted by Crippen LogP contribution is -2.46. The number of amides is 2. The molecule has 2 aromatic carbocycles. The molecule has 6 nitrogen and oxygen atoms in total. The summed E-state index contributed by atoms with van der Waals surface area (Å²) in [5.74, 6) is 0.878. The van der Waals surface area contributed by atoms with Crippen molar-refractivity contribution < 1.29 is 14.1 Å². The number of nitrogens with one attached hydrogen (secondary N) is 1. The van der Waals surface area contributed by atoms with Crippen LogP contribution in [0.4, 0.5) is 5.69 Å². The van der Waals surface area contributed by atoms with E-state index in [4.69, 9.17) is 4.99 Å². The van der Waals surface area contributed by atoms with E-state index in [-0.39, 0.29) is 29.8 Å². The van der Waals surface area contributed by atoms with Crippen molar-refractivity contribution in [2.75, 3.05) is 24.5 Å². The molecule has 1 aliphatic carbocycles. The molecule has 0 spiro atoms. The van der Waals surface area contributed by atoms with E-state index >= 15 is 0 Å². The minimum absolute atomic E-state index is 0.0585. The molecule has 0 atom stereocenters. The van der Waals surface area contributed by atoms with Crippen LogP contribution in [0, 0.1) is 12.8 Å². The van der Waals surface area contributed by atoms with Gasteiger partial charge in [-0.15, -0.1) is 0 Å². The summed E-state index contributed by atoms with van der Waals surface area (Å²) in [7, 11) is 0. The van der Waals surface area contributed by atoms with Crippen LogP contribution in [-0.2, 0) is 17.8 Å². The van der Waals surface area contributed by atoms with Gasteiger partial charge < -0.3 is 14.7 Å². The molecule has 0 bridgehead atoms. The van der Waals surface area contributed by atoms with Crippen molar-refractivity contribution >= 4 is 23.3 Å². The first-order chi connectivity index (χ1) is 18.7. The minimum atomic E-state index is -0.188. The van der Waals surface area contributed by atoms with Gasteiger partial charge in [0, 0.05) is 41.2 Å². The molecule has 4 rings (SSSR count). The SMILES string of the molecule is CC[N+](CC)(CC)Cc1ccc2c(c1)N(C1CCC(C(=O)NC(C)C)CC1)C(=NC(=O)c1ccc(C)cc1)C2. The molecule has 1 fully saturated rings. The highest BCUT2D eigenvalue weighted by Crippen LogP contribution is 2.38. The topological polar surface area (TPSA) is 61.8 Å². The van der Waals surface area contributed by atoms with E-state index in [1.165, 1.54) is 16.8 Å². The molecule has 1 heterocycles. The third-order valence-corrected chi connectivity index (χ3v) is 8.96. The molecule has 6 heteroatoms. The van der Waals surface area contributed by atoms with Gasteiger partial charge >= 0.3 is 0 Å². The van der Waals surface area contributed by atoms with Crippen molar-refractivity contribution in [3.63, 3.8) is 0 Å². The fourth-order valence-corrected chi connectivity index (χ4v) is 6.25. The first kappa shape index (κ1) is 29.0. The average Bonchev–Trinajstić information content (AvgIpc) is 3.28. The number of fused-ring (bicyclic) bond motifs is 1. The van der Waals surface area contributed by atoms with E-state index < -0.39 is 0 Å². The predicted octanol–water partition coefficient (Wildman–Crippen LogP) is 6.06. The van der Waals surface area contributed by atoms with Gasteiger partial charge in [0.2, 0.25) is 5.91 Å². The number of anilines is 1. The number of aryl methyl sites for hydroxylation is 1. The van der Waals surface area contributed by atoms with Gasteiger partial charge in [0.25, 0.3) is 5.91 Å². The Bertz CT molecular complexity index is 1180. The van der Waals surface area contributed by atoms with Gasteiger partial charge in [-0.1, -0.05) is 29.8 Å². The molecule has 0 saturated heterocycles. The van der Waals surface area contributed by atoms with Crippen LogP contribution in [0.25, 0.3) is 0 Å². The van der Waals surface area contributed by atoms with Crippen LogP contribution in [0.5, 0.6) is 0 Å². The molecule has 210 valence electrons. The zero-order valence-electron chi connectivity index (χ0n) is 24.8. The average molecular weight is 532 g/mol. The first-order valence-electron chi connectivity index (χ1n) is 14.9. The number of rotatable bonds is 9. The lowest BCUT2D eigenvalue weighted by atomic mass is 9.84. The maximum atomic E-state index is 13.2. The number of hydrogen-bond donors (Lipinski definition) is 1. The fraction of sp³-hybridized carbons (Fsp3) is 0.545. The molecule has 2 aromatic rings. The number of aliphatic imine (C=N–C) groups is 1. The van der Waals surface area contributed by atoms with Gasteiger partial charge in [0.05, 0.1) is 19.6 Å². The van der Waals surface area contributed by atoms with Crippen LogP contribution < -0.4 is 10.2 Å². The number of carbonyl (C=O) groups is 2. The summed E-state index contributed by atoms with van der Waals surface area (Å²) < 4.78 is 1.06. The van der Waals surface area contributed by atoms with E-state index in [1.54, 1.807) is 0 Å². The highest BCUT2D eigenvalue weighted by atomic mass is 16.2. The van der Waals surface area contributed by atoms with Crippen molar-refractivity contribution in [1.29, 1.82) is 0 Å². The third kappa shape index (κ3) is 6.60. The maximum absolute atomic E-state index is 13.2. The Morgan fingerprint density at radius 1 is 0.974 bits per heavy atom. The number of benzene rings is 2. The van der Waals surface area contributed by atoms with Crippen molar-refractivity contribution in [1.82, 2.24) is 5.32 Å². The second kappa shape index (κ2) is 12.5. The number of quaternary nitrogens is 1. The Morgan fingerprint density at radius 2 is 1.62 bits per heavy atom. The Labute approximate surface area is 235 Å². The number of nitrogens with zero attached hydrogens (tertiary/aromatic N) is 3. The molecule has 0 aromatic heterocycles. The van der Waals surface area contributed by atoms with Crippen LogP contribution in [0.1, 0.15) is 87.4 Å². The normalized spacial score (nSPS) is 20.4. The summed E-state index contributed by atoms with van der Waals surface area (Å²) in [5.41, 5.74) is 5.51. The van der Waals surface area contributed by atoms with Gasteiger partial charge in [-0.05, 0) is 91.0 Å². The predicted molar refractivity (Wildman–Crippen MR) is 160 cm³/mol.